The Bertz CT molecular complexity index is 215. The van der Waals surface area contributed by atoms with E-state index in [-0.39, 0.29) is 0 Å². The molecule has 0 aliphatic heterocycles. The van der Waals surface area contributed by atoms with E-state index < -0.39 is 0 Å². The van der Waals surface area contributed by atoms with E-state index in [1.165, 1.54) is 0 Å². The molecule has 0 N–H and O–H groups in total. The molecule has 10 heavy (non-hydrogen) atoms. The summed E-state index contributed by atoms with van der Waals surface area (Å²) in [6.07, 6.45) is 5.75. The summed E-state index contributed by atoms with van der Waals surface area (Å²) in [6.45, 7) is 3.11. The molecule has 0 aliphatic carbocycles. The van der Waals surface area contributed by atoms with Crippen LogP contribution in [0, 0.1) is 0 Å². The van der Waals surface area contributed by atoms with Crippen molar-refractivity contribution in [3.63, 3.8) is 0 Å². The summed E-state index contributed by atoms with van der Waals surface area (Å²) in [6, 6.07) is 1.82. The summed E-state index contributed by atoms with van der Waals surface area (Å²) in [4.78, 5) is 10.2. The molecule has 54 valence electrons. The van der Waals surface area contributed by atoms with Gasteiger partial charge in [-0.25, -0.2) is 0 Å². The quantitative estimate of drug-likeness (QED) is 0.581. The number of carbonyl (C=O) groups excluding carboxylic acids is 1. The molecule has 0 unspecified atom stereocenters. The normalized spacial score (nSPS) is 9.70. The Balaban J connectivity index is 2.68. The van der Waals surface area contributed by atoms with Gasteiger partial charge in [-0.2, -0.15) is 0 Å². The van der Waals surface area contributed by atoms with Crippen LogP contribution in [0.15, 0.2) is 18.5 Å². The Hall–Kier alpha value is -1.05. The van der Waals surface area contributed by atoms with Crippen molar-refractivity contribution in [2.24, 2.45) is 0 Å². The first-order valence-electron chi connectivity index (χ1n) is 3.47. The molecule has 1 aromatic rings. The summed E-state index contributed by atoms with van der Waals surface area (Å²) in [5.74, 6) is 0. The number of nitrogens with zero attached hydrogens (tertiary/aromatic N) is 1. The minimum Gasteiger partial charge on any atom is -0.354 e. The zero-order chi connectivity index (χ0) is 7.40. The Morgan fingerprint density at radius 2 is 2.50 bits per heavy atom. The standard InChI is InChI=1S/C8H11NO/c1-2-4-9-5-3-8(6-9)7-10/h3,5-7H,2,4H2,1H3. The second kappa shape index (κ2) is 3.20. The van der Waals surface area contributed by atoms with Gasteiger partial charge in [-0.05, 0) is 12.5 Å². The van der Waals surface area contributed by atoms with Gasteiger partial charge in [0, 0.05) is 24.5 Å². The minimum absolute atomic E-state index is 0.758. The molecule has 0 aliphatic rings. The molecule has 0 bridgehead atoms. The van der Waals surface area contributed by atoms with Gasteiger partial charge in [0.2, 0.25) is 0 Å². The van der Waals surface area contributed by atoms with Crippen LogP contribution in [-0.4, -0.2) is 10.9 Å². The fraction of sp³-hybridized carbons (Fsp3) is 0.375. The summed E-state index contributed by atoms with van der Waals surface area (Å²) >= 11 is 0. The molecule has 1 aromatic heterocycles. The van der Waals surface area contributed by atoms with E-state index in [1.807, 2.05) is 23.0 Å². The molecule has 0 radical (unpaired) electrons. The maximum Gasteiger partial charge on any atom is 0.151 e. The van der Waals surface area contributed by atoms with Crippen molar-refractivity contribution < 1.29 is 4.79 Å². The number of aryl methyl sites for hydroxylation is 1. The number of aldehydes is 1. The van der Waals surface area contributed by atoms with Crippen LogP contribution in [0.2, 0.25) is 0 Å². The number of hydrogen-bond donors (Lipinski definition) is 0. The zero-order valence-corrected chi connectivity index (χ0v) is 6.08. The average molecular weight is 137 g/mol. The molecule has 0 amide bonds. The van der Waals surface area contributed by atoms with Crippen molar-refractivity contribution in [1.82, 2.24) is 4.57 Å². The highest BCUT2D eigenvalue weighted by atomic mass is 16.1. The van der Waals surface area contributed by atoms with Gasteiger partial charge >= 0.3 is 0 Å². The molecular formula is C8H11NO. The van der Waals surface area contributed by atoms with E-state index in [0.717, 1.165) is 24.8 Å². The lowest BCUT2D eigenvalue weighted by Crippen LogP contribution is -1.90. The number of carbonyl (C=O) groups is 1. The van der Waals surface area contributed by atoms with Crippen LogP contribution in [0.5, 0.6) is 0 Å². The molecule has 2 heteroatoms. The van der Waals surface area contributed by atoms with E-state index in [0.29, 0.717) is 0 Å². The highest BCUT2D eigenvalue weighted by Gasteiger charge is 1.91. The van der Waals surface area contributed by atoms with Crippen LogP contribution in [0.3, 0.4) is 0 Å². The largest absolute Gasteiger partial charge is 0.354 e. The lowest BCUT2D eigenvalue weighted by molar-refractivity contribution is 0.112. The van der Waals surface area contributed by atoms with Crippen molar-refractivity contribution in [3.05, 3.63) is 24.0 Å². The van der Waals surface area contributed by atoms with Gasteiger partial charge in [0.05, 0.1) is 0 Å². The summed E-state index contributed by atoms with van der Waals surface area (Å²) in [7, 11) is 0. The van der Waals surface area contributed by atoms with Crippen LogP contribution >= 0.6 is 0 Å². The summed E-state index contributed by atoms with van der Waals surface area (Å²) < 4.78 is 2.02. The van der Waals surface area contributed by atoms with Crippen molar-refractivity contribution in [2.45, 2.75) is 19.9 Å². The van der Waals surface area contributed by atoms with Gasteiger partial charge in [-0.3, -0.25) is 4.79 Å². The Kier molecular flexibility index (Phi) is 2.26. The minimum atomic E-state index is 0.758. The molecule has 2 nitrogen and oxygen atoms in total. The van der Waals surface area contributed by atoms with E-state index in [2.05, 4.69) is 6.92 Å². The predicted molar refractivity (Wildman–Crippen MR) is 40.1 cm³/mol. The van der Waals surface area contributed by atoms with Crippen molar-refractivity contribution in [3.8, 4) is 0 Å². The number of aromatic nitrogens is 1. The van der Waals surface area contributed by atoms with Gasteiger partial charge in [-0.15, -0.1) is 0 Å². The third-order valence-corrected chi connectivity index (χ3v) is 1.39. The van der Waals surface area contributed by atoms with Gasteiger partial charge in [-0.1, -0.05) is 6.92 Å². The number of rotatable bonds is 3. The fourth-order valence-electron chi connectivity index (χ4n) is 0.926. The molecule has 0 fully saturated rings. The van der Waals surface area contributed by atoms with Gasteiger partial charge in [0.1, 0.15) is 0 Å². The zero-order valence-electron chi connectivity index (χ0n) is 6.08. The predicted octanol–water partition coefficient (Wildman–Crippen LogP) is 1.71. The smallest absolute Gasteiger partial charge is 0.151 e. The second-order valence-corrected chi connectivity index (χ2v) is 2.30. The molecule has 0 spiro atoms. The average Bonchev–Trinajstić information content (AvgIpc) is 2.37. The third-order valence-electron chi connectivity index (χ3n) is 1.39. The van der Waals surface area contributed by atoms with Crippen molar-refractivity contribution >= 4 is 6.29 Å². The van der Waals surface area contributed by atoms with E-state index in [1.54, 1.807) is 0 Å². The van der Waals surface area contributed by atoms with Crippen molar-refractivity contribution in [2.75, 3.05) is 0 Å². The van der Waals surface area contributed by atoms with E-state index >= 15 is 0 Å². The molecule has 0 saturated carbocycles. The van der Waals surface area contributed by atoms with E-state index in [4.69, 9.17) is 0 Å². The highest BCUT2D eigenvalue weighted by Crippen LogP contribution is 1.98. The molecular weight excluding hydrogens is 126 g/mol. The monoisotopic (exact) mass is 137 g/mol. The molecule has 0 saturated heterocycles. The highest BCUT2D eigenvalue weighted by molar-refractivity contribution is 5.74. The first-order chi connectivity index (χ1) is 4.86. The molecule has 0 aromatic carbocycles. The Morgan fingerprint density at radius 1 is 1.70 bits per heavy atom. The second-order valence-electron chi connectivity index (χ2n) is 2.30. The van der Waals surface area contributed by atoms with Crippen LogP contribution in [0.25, 0.3) is 0 Å². The Morgan fingerprint density at radius 3 is 3.00 bits per heavy atom. The number of hydrogen-bond acceptors (Lipinski definition) is 1. The van der Waals surface area contributed by atoms with Crippen LogP contribution in [0.1, 0.15) is 23.7 Å². The SMILES string of the molecule is CCCn1ccc(C=O)c1. The fourth-order valence-corrected chi connectivity index (χ4v) is 0.926. The molecule has 0 atom stereocenters. The Labute approximate surface area is 60.5 Å². The van der Waals surface area contributed by atoms with Crippen LogP contribution in [0.4, 0.5) is 0 Å². The molecule has 1 rings (SSSR count). The maximum atomic E-state index is 10.2. The summed E-state index contributed by atoms with van der Waals surface area (Å²) in [5, 5.41) is 0. The maximum absolute atomic E-state index is 10.2. The van der Waals surface area contributed by atoms with E-state index in [9.17, 15) is 4.79 Å². The lowest BCUT2D eigenvalue weighted by atomic mass is 10.4. The van der Waals surface area contributed by atoms with Crippen LogP contribution < -0.4 is 0 Å². The first kappa shape index (κ1) is 7.06. The van der Waals surface area contributed by atoms with Gasteiger partial charge in [0.15, 0.2) is 6.29 Å². The third kappa shape index (κ3) is 1.47. The summed E-state index contributed by atoms with van der Waals surface area (Å²) in [5.41, 5.74) is 0.758. The van der Waals surface area contributed by atoms with Gasteiger partial charge in [0.25, 0.3) is 0 Å². The van der Waals surface area contributed by atoms with Gasteiger partial charge < -0.3 is 4.57 Å². The lowest BCUT2D eigenvalue weighted by Gasteiger charge is -1.95. The topological polar surface area (TPSA) is 22.0 Å². The first-order valence-corrected chi connectivity index (χ1v) is 3.47. The van der Waals surface area contributed by atoms with Crippen LogP contribution in [-0.2, 0) is 6.54 Å². The molecule has 1 heterocycles. The van der Waals surface area contributed by atoms with Crippen molar-refractivity contribution in [1.29, 1.82) is 0 Å².